The summed E-state index contributed by atoms with van der Waals surface area (Å²) in [4.78, 5) is 15.9. The van der Waals surface area contributed by atoms with Crippen LogP contribution < -0.4 is 4.72 Å². The minimum atomic E-state index is -3.62. The number of carbonyl (C=O) groups is 1. The first-order chi connectivity index (χ1) is 15.4. The maximum absolute atomic E-state index is 13.0. The predicted octanol–water partition coefficient (Wildman–Crippen LogP) is 5.03. The molecule has 0 unspecified atom stereocenters. The smallest absolute Gasteiger partial charge is 0.253 e. The van der Waals surface area contributed by atoms with Gasteiger partial charge in [0.05, 0.1) is 4.90 Å². The Morgan fingerprint density at radius 3 is 2.28 bits per heavy atom. The number of hydrogen-bond acceptors (Lipinski definition) is 4. The summed E-state index contributed by atoms with van der Waals surface area (Å²) in [6.07, 6.45) is 4.08. The molecule has 4 rings (SSSR count). The van der Waals surface area contributed by atoms with Gasteiger partial charge in [-0.3, -0.25) is 4.79 Å². The van der Waals surface area contributed by atoms with Crippen molar-refractivity contribution in [2.24, 2.45) is 0 Å². The fourth-order valence-corrected chi connectivity index (χ4v) is 6.07. The van der Waals surface area contributed by atoms with Gasteiger partial charge in [0.15, 0.2) is 0 Å². The normalized spacial score (nSPS) is 18.9. The van der Waals surface area contributed by atoms with Gasteiger partial charge in [-0.1, -0.05) is 36.4 Å². The Labute approximate surface area is 194 Å². The van der Waals surface area contributed by atoms with Crippen molar-refractivity contribution in [3.8, 4) is 0 Å². The molecule has 1 N–H and O–H groups in total. The summed E-state index contributed by atoms with van der Waals surface area (Å²) in [7, 11) is -1.77. The van der Waals surface area contributed by atoms with Crippen molar-refractivity contribution in [3.63, 3.8) is 0 Å². The molecule has 1 saturated carbocycles. The van der Waals surface area contributed by atoms with Crippen LogP contribution in [0.1, 0.15) is 52.4 Å². The Kier molecular flexibility index (Phi) is 7.08. The van der Waals surface area contributed by atoms with E-state index in [-0.39, 0.29) is 23.4 Å². The lowest BCUT2D eigenvalue weighted by molar-refractivity contribution is 0.0689. The molecular formula is C25H28N2O3S2. The molecule has 1 fully saturated rings. The van der Waals surface area contributed by atoms with Gasteiger partial charge < -0.3 is 4.90 Å². The van der Waals surface area contributed by atoms with Gasteiger partial charge in [0.25, 0.3) is 5.91 Å². The van der Waals surface area contributed by atoms with Crippen LogP contribution in [0.15, 0.2) is 77.0 Å². The van der Waals surface area contributed by atoms with Crippen LogP contribution in [0, 0.1) is 0 Å². The van der Waals surface area contributed by atoms with Crippen molar-refractivity contribution >= 4 is 27.3 Å². The number of thiophene rings is 1. The van der Waals surface area contributed by atoms with Gasteiger partial charge >= 0.3 is 0 Å². The van der Waals surface area contributed by atoms with Crippen LogP contribution in [-0.4, -0.2) is 32.3 Å². The Hall–Kier alpha value is -2.48. The number of hydrogen-bond donors (Lipinski definition) is 1. The zero-order valence-corrected chi connectivity index (χ0v) is 19.7. The highest BCUT2D eigenvalue weighted by molar-refractivity contribution is 7.89. The van der Waals surface area contributed by atoms with E-state index in [9.17, 15) is 13.2 Å². The zero-order chi connectivity index (χ0) is 22.6. The summed E-state index contributed by atoms with van der Waals surface area (Å²) in [5, 5.41) is 1.91. The largest absolute Gasteiger partial charge is 0.339 e. The van der Waals surface area contributed by atoms with Gasteiger partial charge in [0, 0.05) is 30.1 Å². The molecule has 0 atom stereocenters. The third kappa shape index (κ3) is 5.28. The molecule has 1 aliphatic carbocycles. The molecule has 7 heteroatoms. The SMILES string of the molecule is CN(C(=O)c1ccc(S(=O)(=O)NCc2cccs2)cc1)C1CCC(c2ccccc2)CC1. The lowest BCUT2D eigenvalue weighted by Crippen LogP contribution is -2.39. The van der Waals surface area contributed by atoms with Gasteiger partial charge in [-0.15, -0.1) is 11.3 Å². The second-order valence-corrected chi connectivity index (χ2v) is 11.1. The summed E-state index contributed by atoms with van der Waals surface area (Å²) >= 11 is 1.50. The number of rotatable bonds is 7. The fourth-order valence-electron chi connectivity index (χ4n) is 4.33. The second kappa shape index (κ2) is 9.98. The summed E-state index contributed by atoms with van der Waals surface area (Å²) < 4.78 is 27.7. The van der Waals surface area contributed by atoms with E-state index in [0.29, 0.717) is 11.5 Å². The number of carbonyl (C=O) groups excluding carboxylic acids is 1. The maximum atomic E-state index is 13.0. The van der Waals surface area contributed by atoms with Crippen LogP contribution in [0.2, 0.25) is 0 Å². The van der Waals surface area contributed by atoms with Crippen LogP contribution in [0.4, 0.5) is 0 Å². The van der Waals surface area contributed by atoms with Gasteiger partial charge in [-0.25, -0.2) is 13.1 Å². The number of amides is 1. The molecule has 0 aliphatic heterocycles. The molecule has 32 heavy (non-hydrogen) atoms. The van der Waals surface area contributed by atoms with E-state index in [0.717, 1.165) is 30.6 Å². The van der Waals surface area contributed by atoms with Crippen LogP contribution in [0.3, 0.4) is 0 Å². The summed E-state index contributed by atoms with van der Waals surface area (Å²) in [5.74, 6) is 0.491. The monoisotopic (exact) mass is 468 g/mol. The van der Waals surface area contributed by atoms with E-state index in [1.54, 1.807) is 12.1 Å². The molecule has 3 aromatic rings. The highest BCUT2D eigenvalue weighted by Crippen LogP contribution is 2.34. The number of nitrogens with zero attached hydrogens (tertiary/aromatic N) is 1. The fraction of sp³-hybridized carbons (Fsp3) is 0.320. The minimum Gasteiger partial charge on any atom is -0.339 e. The molecule has 1 aliphatic rings. The second-order valence-electron chi connectivity index (χ2n) is 8.26. The highest BCUT2D eigenvalue weighted by atomic mass is 32.2. The average molecular weight is 469 g/mol. The van der Waals surface area contributed by atoms with Gasteiger partial charge in [-0.05, 0) is 72.9 Å². The van der Waals surface area contributed by atoms with Crippen molar-refractivity contribution in [3.05, 3.63) is 88.1 Å². The first kappa shape index (κ1) is 22.7. The maximum Gasteiger partial charge on any atom is 0.253 e. The number of nitrogens with one attached hydrogen (secondary N) is 1. The van der Waals surface area contributed by atoms with E-state index in [2.05, 4.69) is 29.0 Å². The van der Waals surface area contributed by atoms with Crippen molar-refractivity contribution in [2.75, 3.05) is 7.05 Å². The lowest BCUT2D eigenvalue weighted by atomic mass is 9.81. The third-order valence-corrected chi connectivity index (χ3v) is 8.56. The molecule has 0 spiro atoms. The van der Waals surface area contributed by atoms with E-state index >= 15 is 0 Å². The molecule has 1 amide bonds. The first-order valence-electron chi connectivity index (χ1n) is 10.9. The molecule has 5 nitrogen and oxygen atoms in total. The molecule has 168 valence electrons. The molecule has 0 radical (unpaired) electrons. The standard InChI is InChI=1S/C25H28N2O3S2/c1-27(22-13-9-20(10-14-22)19-6-3-2-4-7-19)25(28)21-11-15-24(16-12-21)32(29,30)26-18-23-8-5-17-31-23/h2-8,11-12,15-17,20,22,26H,9-10,13-14,18H2,1H3. The Morgan fingerprint density at radius 2 is 1.66 bits per heavy atom. The van der Waals surface area contributed by atoms with Gasteiger partial charge in [0.1, 0.15) is 0 Å². The van der Waals surface area contributed by atoms with Crippen LogP contribution >= 0.6 is 11.3 Å². The molecule has 1 heterocycles. The molecule has 0 bridgehead atoms. The highest BCUT2D eigenvalue weighted by Gasteiger charge is 2.28. The zero-order valence-electron chi connectivity index (χ0n) is 18.1. The Balaban J connectivity index is 1.35. The van der Waals surface area contributed by atoms with Crippen LogP contribution in [-0.2, 0) is 16.6 Å². The number of sulfonamides is 1. The van der Waals surface area contributed by atoms with Crippen molar-refractivity contribution < 1.29 is 13.2 Å². The lowest BCUT2D eigenvalue weighted by Gasteiger charge is -2.35. The first-order valence-corrected chi connectivity index (χ1v) is 13.2. The minimum absolute atomic E-state index is 0.0661. The van der Waals surface area contributed by atoms with E-state index < -0.39 is 10.0 Å². The number of benzene rings is 2. The third-order valence-electron chi connectivity index (χ3n) is 6.26. The van der Waals surface area contributed by atoms with E-state index in [1.165, 1.54) is 29.0 Å². The molecule has 1 aromatic heterocycles. The van der Waals surface area contributed by atoms with Crippen molar-refractivity contribution in [1.82, 2.24) is 9.62 Å². The van der Waals surface area contributed by atoms with E-state index in [1.807, 2.05) is 35.5 Å². The molecule has 2 aromatic carbocycles. The van der Waals surface area contributed by atoms with Crippen LogP contribution in [0.25, 0.3) is 0 Å². The Morgan fingerprint density at radius 1 is 0.969 bits per heavy atom. The topological polar surface area (TPSA) is 66.5 Å². The average Bonchev–Trinajstić information content (AvgIpc) is 3.37. The summed E-state index contributed by atoms with van der Waals surface area (Å²) in [6, 6.07) is 20.8. The Bertz CT molecular complexity index is 1120. The summed E-state index contributed by atoms with van der Waals surface area (Å²) in [6.45, 7) is 0.259. The predicted molar refractivity (Wildman–Crippen MR) is 128 cm³/mol. The van der Waals surface area contributed by atoms with Crippen LogP contribution in [0.5, 0.6) is 0 Å². The van der Waals surface area contributed by atoms with E-state index in [4.69, 9.17) is 0 Å². The van der Waals surface area contributed by atoms with Gasteiger partial charge in [-0.2, -0.15) is 0 Å². The van der Waals surface area contributed by atoms with Crippen molar-refractivity contribution in [2.45, 2.75) is 49.1 Å². The van der Waals surface area contributed by atoms with Crippen molar-refractivity contribution in [1.29, 1.82) is 0 Å². The van der Waals surface area contributed by atoms with Gasteiger partial charge in [0.2, 0.25) is 10.0 Å². The summed E-state index contributed by atoms with van der Waals surface area (Å²) in [5.41, 5.74) is 1.89. The quantitative estimate of drug-likeness (QED) is 0.529. The molecular weight excluding hydrogens is 440 g/mol. The molecule has 0 saturated heterocycles.